The van der Waals surface area contributed by atoms with Gasteiger partial charge in [-0.05, 0) is 106 Å². The smallest absolute Gasteiger partial charge is 0.312 e. The number of anilines is 1. The summed E-state index contributed by atoms with van der Waals surface area (Å²) < 4.78 is 12.2. The Morgan fingerprint density at radius 3 is 1.87 bits per heavy atom. The second-order valence-corrected chi connectivity index (χ2v) is 26.2. The number of carbonyl (C=O) groups is 11. The number of likely N-dealkylation sites (tertiary alicyclic amines) is 1. The standard InChI is InChI=1S/C69H108N12O13/c1-15-45(8)61(79(12)68(91)59(43(4)5)77-67(90)60(44(6)7)78(10)11)53(93-13)41-57(85)80-39-23-27-52(80)62(94-14)46(9)63(86)75-51(40-48-24-18-16-19-25-48)64(87)71-37-35-47-29-31-49(32-30-47)73-65(88)50(26-22-36-72-69(70)92)74-66(89)58(42(2)3)76-54(82)28-20-17-21-38-81-55(83)33-34-56(81)84/h16,18-19,24-25,29-34,42-46,50-53,58-62H,15,17,20-23,26-28,35-41H2,1-14H3,(H,71,87)(H,73,88)(H,74,89)(H,75,86)(H,76,82)(H,77,90)(H3,70,72,92)/t45?,46?,50?,51-,52?,53?,58+,59-,60?,61?,62?/m0/s1. The minimum absolute atomic E-state index is 0.00256. The van der Waals surface area contributed by atoms with E-state index >= 15 is 0 Å². The average molecular weight is 1310 g/mol. The summed E-state index contributed by atoms with van der Waals surface area (Å²) in [5.41, 5.74) is 7.30. The monoisotopic (exact) mass is 1310 g/mol. The van der Waals surface area contributed by atoms with Crippen LogP contribution in [0.1, 0.15) is 138 Å². The fraction of sp³-hybridized carbons (Fsp3) is 0.638. The molecule has 0 aromatic heterocycles. The van der Waals surface area contributed by atoms with Gasteiger partial charge in [0.25, 0.3) is 11.8 Å². The van der Waals surface area contributed by atoms with E-state index in [4.69, 9.17) is 15.2 Å². The first-order chi connectivity index (χ1) is 44.5. The number of hydrogen-bond acceptors (Lipinski definition) is 14. The Kier molecular flexibility index (Phi) is 32.8. The maximum Gasteiger partial charge on any atom is 0.312 e. The Bertz CT molecular complexity index is 2850. The van der Waals surface area contributed by atoms with Crippen LogP contribution >= 0.6 is 0 Å². The quantitative estimate of drug-likeness (QED) is 0.0342. The highest BCUT2D eigenvalue weighted by atomic mass is 16.5. The van der Waals surface area contributed by atoms with Gasteiger partial charge in [0.1, 0.15) is 24.2 Å². The number of carbonyl (C=O) groups excluding carboxylic acids is 11. The fourth-order valence-electron chi connectivity index (χ4n) is 12.4. The Labute approximate surface area is 556 Å². The van der Waals surface area contributed by atoms with Crippen molar-refractivity contribution in [3.8, 4) is 0 Å². The van der Waals surface area contributed by atoms with E-state index in [1.54, 1.807) is 61.9 Å². The van der Waals surface area contributed by atoms with E-state index in [1.165, 1.54) is 26.4 Å². The van der Waals surface area contributed by atoms with E-state index in [0.29, 0.717) is 57.2 Å². The zero-order valence-corrected chi connectivity index (χ0v) is 57.9. The van der Waals surface area contributed by atoms with Crippen LogP contribution in [0.2, 0.25) is 0 Å². The molecule has 0 aliphatic carbocycles. The number of methoxy groups -OCH3 is 2. The van der Waals surface area contributed by atoms with Crippen LogP contribution in [-0.2, 0) is 70.3 Å². The molecule has 2 aliphatic heterocycles. The van der Waals surface area contributed by atoms with Crippen molar-refractivity contribution in [1.82, 2.24) is 51.5 Å². The summed E-state index contributed by atoms with van der Waals surface area (Å²) in [5.74, 6) is -5.32. The third-order valence-electron chi connectivity index (χ3n) is 17.8. The second kappa shape index (κ2) is 39.2. The minimum atomic E-state index is -1.07. The van der Waals surface area contributed by atoms with Crippen LogP contribution in [-0.4, -0.2) is 201 Å². The lowest BCUT2D eigenvalue weighted by Gasteiger charge is -2.41. The summed E-state index contributed by atoms with van der Waals surface area (Å²) >= 11 is 0. The molecule has 1 fully saturated rings. The first kappa shape index (κ1) is 78.7. The Morgan fingerprint density at radius 1 is 0.660 bits per heavy atom. The number of amides is 12. The molecule has 11 atom stereocenters. The van der Waals surface area contributed by atoms with Crippen LogP contribution < -0.4 is 43.0 Å². The van der Waals surface area contributed by atoms with Crippen molar-refractivity contribution in [2.75, 3.05) is 66.9 Å². The van der Waals surface area contributed by atoms with Crippen molar-refractivity contribution >= 4 is 70.8 Å². The number of unbranched alkanes of at least 4 members (excludes halogenated alkanes) is 2. The molecule has 4 rings (SSSR count). The highest BCUT2D eigenvalue weighted by Crippen LogP contribution is 2.30. The van der Waals surface area contributed by atoms with E-state index in [1.807, 2.05) is 90.9 Å². The van der Waals surface area contributed by atoms with Gasteiger partial charge in [-0.2, -0.15) is 0 Å². The summed E-state index contributed by atoms with van der Waals surface area (Å²) in [7, 11) is 8.42. The number of likely N-dealkylation sites (N-methyl/N-ethyl adjacent to an activating group) is 2. The van der Waals surface area contributed by atoms with Gasteiger partial charge in [-0.25, -0.2) is 4.79 Å². The average Bonchev–Trinajstić information content (AvgIpc) is 1.43. The maximum absolute atomic E-state index is 14.6. The molecule has 8 unspecified atom stereocenters. The van der Waals surface area contributed by atoms with Crippen molar-refractivity contribution in [2.45, 2.75) is 194 Å². The molecule has 2 aromatic carbocycles. The zero-order chi connectivity index (χ0) is 69.9. The third kappa shape index (κ3) is 23.9. The lowest BCUT2D eigenvalue weighted by molar-refractivity contribution is -0.148. The lowest BCUT2D eigenvalue weighted by Crippen LogP contribution is -2.59. The molecule has 25 heteroatoms. The van der Waals surface area contributed by atoms with Crippen molar-refractivity contribution in [1.29, 1.82) is 0 Å². The van der Waals surface area contributed by atoms with E-state index in [0.717, 1.165) is 16.0 Å². The number of ether oxygens (including phenoxy) is 2. The van der Waals surface area contributed by atoms with Crippen molar-refractivity contribution < 1.29 is 62.2 Å². The van der Waals surface area contributed by atoms with Gasteiger partial charge in [0.2, 0.25) is 47.3 Å². The molecule has 0 bridgehead atoms. The van der Waals surface area contributed by atoms with Gasteiger partial charge in [-0.3, -0.25) is 57.7 Å². The normalized spacial score (nSPS) is 17.1. The highest BCUT2D eigenvalue weighted by molar-refractivity contribution is 6.12. The summed E-state index contributed by atoms with van der Waals surface area (Å²) in [6, 6.07) is 10.2. The predicted molar refractivity (Wildman–Crippen MR) is 359 cm³/mol. The maximum atomic E-state index is 14.6. The first-order valence-electron chi connectivity index (χ1n) is 33.3. The van der Waals surface area contributed by atoms with Crippen LogP contribution in [0.4, 0.5) is 10.5 Å². The third-order valence-corrected chi connectivity index (χ3v) is 17.8. The number of nitrogens with one attached hydrogen (secondary N) is 7. The fourth-order valence-corrected chi connectivity index (χ4v) is 12.4. The van der Waals surface area contributed by atoms with Crippen LogP contribution in [0.3, 0.4) is 0 Å². The van der Waals surface area contributed by atoms with Gasteiger partial charge < -0.3 is 62.2 Å². The Hall–Kier alpha value is -7.77. The van der Waals surface area contributed by atoms with E-state index in [2.05, 4.69) is 37.2 Å². The topological polar surface area (TPSA) is 329 Å². The van der Waals surface area contributed by atoms with Gasteiger partial charge in [-0.1, -0.05) is 118 Å². The predicted octanol–water partition coefficient (Wildman–Crippen LogP) is 4.22. The van der Waals surface area contributed by atoms with Gasteiger partial charge in [0, 0.05) is 78.1 Å². The van der Waals surface area contributed by atoms with Crippen LogP contribution in [0.5, 0.6) is 0 Å². The van der Waals surface area contributed by atoms with Gasteiger partial charge in [0.05, 0.1) is 42.7 Å². The van der Waals surface area contributed by atoms with Gasteiger partial charge in [0.15, 0.2) is 0 Å². The number of benzene rings is 2. The molecule has 522 valence electrons. The molecule has 2 aliphatic rings. The molecule has 94 heavy (non-hydrogen) atoms. The molecular formula is C69H108N12O13. The summed E-state index contributed by atoms with van der Waals surface area (Å²) in [6.07, 6.45) is 5.42. The molecule has 1 saturated heterocycles. The van der Waals surface area contributed by atoms with Crippen molar-refractivity contribution in [3.05, 3.63) is 77.9 Å². The number of primary amides is 1. The Morgan fingerprint density at radius 2 is 1.30 bits per heavy atom. The number of rotatable bonds is 40. The Balaban J connectivity index is 1.40. The van der Waals surface area contributed by atoms with E-state index < -0.39 is 90.1 Å². The molecule has 0 saturated carbocycles. The molecular weight excluding hydrogens is 1200 g/mol. The summed E-state index contributed by atoms with van der Waals surface area (Å²) in [6.45, 7) is 18.0. The van der Waals surface area contributed by atoms with Crippen LogP contribution in [0, 0.1) is 29.6 Å². The van der Waals surface area contributed by atoms with Crippen molar-refractivity contribution in [3.63, 3.8) is 0 Å². The summed E-state index contributed by atoms with van der Waals surface area (Å²) in [4.78, 5) is 153. The molecule has 0 radical (unpaired) electrons. The largest absolute Gasteiger partial charge is 0.379 e. The molecule has 12 amide bonds. The molecule has 0 spiro atoms. The molecule has 25 nitrogen and oxygen atoms in total. The minimum Gasteiger partial charge on any atom is -0.379 e. The van der Waals surface area contributed by atoms with Crippen LogP contribution in [0.15, 0.2) is 66.7 Å². The molecule has 2 aromatic rings. The van der Waals surface area contributed by atoms with Crippen molar-refractivity contribution in [2.24, 2.45) is 35.3 Å². The number of nitrogens with two attached hydrogens (primary N) is 1. The van der Waals surface area contributed by atoms with E-state index in [-0.39, 0.29) is 111 Å². The number of imide groups is 1. The lowest BCUT2D eigenvalue weighted by atomic mass is 9.89. The summed E-state index contributed by atoms with van der Waals surface area (Å²) in [5, 5.41) is 19.9. The first-order valence-corrected chi connectivity index (χ1v) is 33.3. The highest BCUT2D eigenvalue weighted by Gasteiger charge is 2.44. The number of nitrogens with zero attached hydrogens (tertiary/aromatic N) is 4. The van der Waals surface area contributed by atoms with E-state index in [9.17, 15) is 52.7 Å². The second-order valence-electron chi connectivity index (χ2n) is 26.2. The van der Waals surface area contributed by atoms with Gasteiger partial charge >= 0.3 is 6.03 Å². The zero-order valence-electron chi connectivity index (χ0n) is 57.9. The number of hydrogen-bond donors (Lipinski definition) is 8. The number of urea groups is 1. The molecule has 9 N–H and O–H groups in total. The SMILES string of the molecule is CCC(C)C(C(CC(=O)N1CCCC1C(OC)C(C)C(=O)N[C@@H](Cc1ccccc1)C(=O)NCCc1ccc(NC(=O)C(CCCNC(N)=O)NC(=O)[C@H](NC(=O)CCCCCN2C(=O)C=CC2=O)C(C)C)cc1)OC)N(C)C(=O)[C@@H](NC(=O)C(C(C)C)N(C)C)C(C)C. The van der Waals surface area contributed by atoms with Gasteiger partial charge in [-0.15, -0.1) is 0 Å². The molecule has 2 heterocycles. The van der Waals surface area contributed by atoms with Crippen LogP contribution in [0.25, 0.3) is 0 Å².